The molecular formula is C20H24N2O4. The predicted octanol–water partition coefficient (Wildman–Crippen LogP) is 3.13. The fourth-order valence-electron chi connectivity index (χ4n) is 2.35. The van der Waals surface area contributed by atoms with Gasteiger partial charge in [-0.05, 0) is 44.2 Å². The third kappa shape index (κ3) is 6.12. The summed E-state index contributed by atoms with van der Waals surface area (Å²) in [7, 11) is 1.57. The smallest absolute Gasteiger partial charge is 0.233 e. The molecule has 6 nitrogen and oxygen atoms in total. The second kappa shape index (κ2) is 9.46. The zero-order chi connectivity index (χ0) is 18.9. The second-order valence-electron chi connectivity index (χ2n) is 6.00. The number of methoxy groups -OCH3 is 1. The molecule has 0 saturated carbocycles. The van der Waals surface area contributed by atoms with Gasteiger partial charge in [-0.25, -0.2) is 0 Å². The van der Waals surface area contributed by atoms with Gasteiger partial charge in [0.15, 0.2) is 0 Å². The molecule has 2 rings (SSSR count). The highest BCUT2D eigenvalue weighted by Crippen LogP contribution is 2.18. The zero-order valence-corrected chi connectivity index (χ0v) is 15.2. The lowest BCUT2D eigenvalue weighted by Gasteiger charge is -2.11. The zero-order valence-electron chi connectivity index (χ0n) is 15.2. The number of carbonyl (C=O) groups excluding carboxylic acids is 2. The second-order valence-corrected chi connectivity index (χ2v) is 6.00. The fraction of sp³-hybridized carbons (Fsp3) is 0.300. The standard InChI is InChI=1S/C20H24N2O4/c1-14(2)26-17-10-8-16(9-11-17)22-20(24)12-19(23)21-13-15-6-4-5-7-18(15)25-3/h4-11,14H,12-13H2,1-3H3,(H,21,23)(H,22,24). The van der Waals surface area contributed by atoms with Crippen LogP contribution in [0.1, 0.15) is 25.8 Å². The summed E-state index contributed by atoms with van der Waals surface area (Å²) in [4.78, 5) is 24.0. The molecular weight excluding hydrogens is 332 g/mol. The number of hydrogen-bond donors (Lipinski definition) is 2. The molecule has 0 aromatic heterocycles. The van der Waals surface area contributed by atoms with Crippen molar-refractivity contribution in [2.24, 2.45) is 0 Å². The molecule has 6 heteroatoms. The van der Waals surface area contributed by atoms with Crippen LogP contribution in [0.5, 0.6) is 11.5 Å². The first-order chi connectivity index (χ1) is 12.5. The van der Waals surface area contributed by atoms with Gasteiger partial charge in [-0.15, -0.1) is 0 Å². The molecule has 0 atom stereocenters. The Morgan fingerprint density at radius 1 is 1.00 bits per heavy atom. The Balaban J connectivity index is 1.80. The van der Waals surface area contributed by atoms with E-state index >= 15 is 0 Å². The van der Waals surface area contributed by atoms with Gasteiger partial charge in [-0.2, -0.15) is 0 Å². The molecule has 0 aliphatic rings. The van der Waals surface area contributed by atoms with Gasteiger partial charge in [0.05, 0.1) is 13.2 Å². The van der Waals surface area contributed by atoms with Gasteiger partial charge >= 0.3 is 0 Å². The van der Waals surface area contributed by atoms with Crippen LogP contribution in [0.2, 0.25) is 0 Å². The lowest BCUT2D eigenvalue weighted by molar-refractivity contribution is -0.126. The molecule has 2 N–H and O–H groups in total. The summed E-state index contributed by atoms with van der Waals surface area (Å²) in [6.07, 6.45) is -0.165. The largest absolute Gasteiger partial charge is 0.496 e. The Labute approximate surface area is 153 Å². The van der Waals surface area contributed by atoms with E-state index in [1.807, 2.05) is 38.1 Å². The Hall–Kier alpha value is -3.02. The minimum atomic E-state index is -0.375. The molecule has 26 heavy (non-hydrogen) atoms. The van der Waals surface area contributed by atoms with Crippen molar-refractivity contribution < 1.29 is 19.1 Å². The lowest BCUT2D eigenvalue weighted by atomic mass is 10.2. The van der Waals surface area contributed by atoms with E-state index in [-0.39, 0.29) is 24.3 Å². The van der Waals surface area contributed by atoms with Crippen molar-refractivity contribution in [3.05, 3.63) is 54.1 Å². The van der Waals surface area contributed by atoms with E-state index in [2.05, 4.69) is 10.6 Å². The number of nitrogens with one attached hydrogen (secondary N) is 2. The van der Waals surface area contributed by atoms with Crippen LogP contribution in [0.15, 0.2) is 48.5 Å². The molecule has 0 spiro atoms. The summed E-state index contributed by atoms with van der Waals surface area (Å²) in [5.41, 5.74) is 1.47. The normalized spacial score (nSPS) is 10.3. The number of anilines is 1. The Morgan fingerprint density at radius 3 is 2.35 bits per heavy atom. The molecule has 0 aliphatic carbocycles. The van der Waals surface area contributed by atoms with Crippen LogP contribution in [0.4, 0.5) is 5.69 Å². The summed E-state index contributed by atoms with van der Waals surface area (Å²) in [5, 5.41) is 5.42. The van der Waals surface area contributed by atoms with Gasteiger partial charge in [0.1, 0.15) is 17.9 Å². The topological polar surface area (TPSA) is 76.7 Å². The monoisotopic (exact) mass is 356 g/mol. The molecule has 0 aliphatic heterocycles. The lowest BCUT2D eigenvalue weighted by Crippen LogP contribution is -2.27. The Kier molecular flexibility index (Phi) is 7.02. The Bertz CT molecular complexity index is 742. The van der Waals surface area contributed by atoms with Crippen LogP contribution in [-0.4, -0.2) is 25.0 Å². The van der Waals surface area contributed by atoms with Crippen LogP contribution in [0.25, 0.3) is 0 Å². The third-order valence-electron chi connectivity index (χ3n) is 3.50. The molecule has 2 aromatic carbocycles. The molecule has 0 unspecified atom stereocenters. The number of carbonyl (C=O) groups is 2. The molecule has 2 aromatic rings. The van der Waals surface area contributed by atoms with Gasteiger partial charge in [0.25, 0.3) is 0 Å². The van der Waals surface area contributed by atoms with E-state index < -0.39 is 0 Å². The number of benzene rings is 2. The van der Waals surface area contributed by atoms with Crippen molar-refractivity contribution >= 4 is 17.5 Å². The molecule has 138 valence electrons. The van der Waals surface area contributed by atoms with Gasteiger partial charge in [-0.3, -0.25) is 9.59 Å². The summed E-state index contributed by atoms with van der Waals surface area (Å²) in [6, 6.07) is 14.4. The average Bonchev–Trinajstić information content (AvgIpc) is 2.61. The summed E-state index contributed by atoms with van der Waals surface area (Å²) in [6.45, 7) is 4.19. The van der Waals surface area contributed by atoms with Crippen LogP contribution in [-0.2, 0) is 16.1 Å². The minimum Gasteiger partial charge on any atom is -0.496 e. The quantitative estimate of drug-likeness (QED) is 0.713. The summed E-state index contributed by atoms with van der Waals surface area (Å²) in [5.74, 6) is 0.696. The number of hydrogen-bond acceptors (Lipinski definition) is 4. The van der Waals surface area contributed by atoms with E-state index in [1.165, 1.54) is 0 Å². The van der Waals surface area contributed by atoms with Gasteiger partial charge in [0, 0.05) is 17.8 Å². The van der Waals surface area contributed by atoms with Crippen LogP contribution >= 0.6 is 0 Å². The SMILES string of the molecule is COc1ccccc1CNC(=O)CC(=O)Nc1ccc(OC(C)C)cc1. The van der Waals surface area contributed by atoms with Crippen molar-refractivity contribution in [2.75, 3.05) is 12.4 Å². The van der Waals surface area contributed by atoms with Gasteiger partial charge < -0.3 is 20.1 Å². The fourth-order valence-corrected chi connectivity index (χ4v) is 2.35. The molecule has 0 bridgehead atoms. The summed E-state index contributed by atoms with van der Waals surface area (Å²) >= 11 is 0. The molecule has 0 saturated heterocycles. The van der Waals surface area contributed by atoms with Crippen molar-refractivity contribution in [3.8, 4) is 11.5 Å². The van der Waals surface area contributed by atoms with Crippen LogP contribution in [0.3, 0.4) is 0 Å². The van der Waals surface area contributed by atoms with E-state index in [4.69, 9.17) is 9.47 Å². The van der Waals surface area contributed by atoms with Crippen molar-refractivity contribution in [1.82, 2.24) is 5.32 Å². The Morgan fingerprint density at radius 2 is 1.69 bits per heavy atom. The van der Waals surface area contributed by atoms with Gasteiger partial charge in [0.2, 0.25) is 11.8 Å². The van der Waals surface area contributed by atoms with E-state index in [9.17, 15) is 9.59 Å². The molecule has 0 heterocycles. The maximum atomic E-state index is 12.0. The van der Waals surface area contributed by atoms with E-state index in [0.717, 1.165) is 11.3 Å². The van der Waals surface area contributed by atoms with E-state index in [1.54, 1.807) is 31.4 Å². The first-order valence-corrected chi connectivity index (χ1v) is 8.43. The summed E-state index contributed by atoms with van der Waals surface area (Å²) < 4.78 is 10.8. The predicted molar refractivity (Wildman–Crippen MR) is 100 cm³/mol. The minimum absolute atomic E-state index is 0.0855. The highest BCUT2D eigenvalue weighted by Gasteiger charge is 2.11. The third-order valence-corrected chi connectivity index (χ3v) is 3.50. The van der Waals surface area contributed by atoms with E-state index in [0.29, 0.717) is 18.0 Å². The maximum absolute atomic E-state index is 12.0. The van der Waals surface area contributed by atoms with Gasteiger partial charge in [-0.1, -0.05) is 18.2 Å². The highest BCUT2D eigenvalue weighted by molar-refractivity contribution is 6.03. The number of amides is 2. The number of para-hydroxylation sites is 1. The first-order valence-electron chi connectivity index (χ1n) is 8.43. The molecule has 2 amide bonds. The van der Waals surface area contributed by atoms with Crippen LogP contribution in [0, 0.1) is 0 Å². The number of rotatable bonds is 8. The van der Waals surface area contributed by atoms with Crippen molar-refractivity contribution in [1.29, 1.82) is 0 Å². The van der Waals surface area contributed by atoms with Crippen molar-refractivity contribution in [2.45, 2.75) is 32.9 Å². The highest BCUT2D eigenvalue weighted by atomic mass is 16.5. The van der Waals surface area contributed by atoms with Crippen LogP contribution < -0.4 is 20.1 Å². The van der Waals surface area contributed by atoms with Crippen molar-refractivity contribution in [3.63, 3.8) is 0 Å². The average molecular weight is 356 g/mol. The molecule has 0 radical (unpaired) electrons. The maximum Gasteiger partial charge on any atom is 0.233 e. The number of ether oxygens (including phenoxy) is 2. The first kappa shape index (κ1) is 19.3. The molecule has 0 fully saturated rings.